The predicted octanol–water partition coefficient (Wildman–Crippen LogP) is 4.03. The molecule has 21 heavy (non-hydrogen) atoms. The topological polar surface area (TPSA) is 32.5 Å². The monoisotopic (exact) mass is 287 g/mol. The van der Waals surface area contributed by atoms with Crippen LogP contribution in [0.2, 0.25) is 0 Å². The molecule has 0 saturated heterocycles. The minimum atomic E-state index is 0.694. The van der Waals surface area contributed by atoms with Gasteiger partial charge in [-0.05, 0) is 39.8 Å². The van der Waals surface area contributed by atoms with Gasteiger partial charge in [0.25, 0.3) is 0 Å². The third-order valence-electron chi connectivity index (χ3n) is 3.73. The fraction of sp³-hybridized carbons (Fsp3) is 0.471. The molecule has 1 aromatic heterocycles. The largest absolute Gasteiger partial charge is 0.418 e. The van der Waals surface area contributed by atoms with Crippen molar-refractivity contribution in [3.8, 4) is 11.5 Å². The lowest BCUT2D eigenvalue weighted by molar-refractivity contribution is 0.556. The molecule has 4 nitrogen and oxygen atoms in total. The molecular weight excluding hydrogens is 262 g/mol. The normalized spacial score (nSPS) is 10.7. The van der Waals surface area contributed by atoms with Gasteiger partial charge in [-0.15, -0.1) is 0 Å². The first-order valence-electron chi connectivity index (χ1n) is 7.81. The minimum absolute atomic E-state index is 0.694. The molecule has 1 heterocycles. The van der Waals surface area contributed by atoms with E-state index in [1.165, 1.54) is 0 Å². The van der Waals surface area contributed by atoms with E-state index in [0.29, 0.717) is 5.89 Å². The molecule has 2 rings (SSSR count). The smallest absolute Gasteiger partial charge is 0.241 e. The molecule has 4 heteroatoms. The van der Waals surface area contributed by atoms with E-state index in [1.54, 1.807) is 0 Å². The van der Waals surface area contributed by atoms with E-state index in [9.17, 15) is 0 Å². The fourth-order valence-corrected chi connectivity index (χ4v) is 2.45. The van der Waals surface area contributed by atoms with Crippen LogP contribution in [0.15, 0.2) is 34.7 Å². The lowest BCUT2D eigenvalue weighted by Crippen LogP contribution is -2.27. The Hall–Kier alpha value is -1.97. The number of aromatic nitrogens is 1. The molecule has 0 radical (unpaired) electrons. The van der Waals surface area contributed by atoms with Crippen molar-refractivity contribution in [1.82, 2.24) is 4.98 Å². The fourth-order valence-electron chi connectivity index (χ4n) is 2.45. The third kappa shape index (κ3) is 3.20. The summed E-state index contributed by atoms with van der Waals surface area (Å²) in [6.45, 7) is 12.2. The highest BCUT2D eigenvalue weighted by molar-refractivity contribution is 5.67. The van der Waals surface area contributed by atoms with E-state index in [1.807, 2.05) is 30.3 Å². The lowest BCUT2D eigenvalue weighted by atomic mass is 10.2. The molecule has 0 aliphatic carbocycles. The summed E-state index contributed by atoms with van der Waals surface area (Å²) in [6.07, 6.45) is 0. The lowest BCUT2D eigenvalue weighted by Gasteiger charge is -2.23. The molecule has 0 amide bonds. The van der Waals surface area contributed by atoms with E-state index in [2.05, 4.69) is 37.5 Å². The van der Waals surface area contributed by atoms with Gasteiger partial charge in [0.2, 0.25) is 11.8 Å². The van der Waals surface area contributed by atoms with E-state index >= 15 is 0 Å². The highest BCUT2D eigenvalue weighted by Gasteiger charge is 2.21. The summed E-state index contributed by atoms with van der Waals surface area (Å²) >= 11 is 0. The Morgan fingerprint density at radius 2 is 1.43 bits per heavy atom. The van der Waals surface area contributed by atoms with Crippen LogP contribution in [-0.2, 0) is 0 Å². The summed E-state index contributed by atoms with van der Waals surface area (Å²) in [7, 11) is 0. The van der Waals surface area contributed by atoms with Gasteiger partial charge in [-0.1, -0.05) is 18.2 Å². The van der Waals surface area contributed by atoms with Crippen LogP contribution in [0, 0.1) is 0 Å². The van der Waals surface area contributed by atoms with Gasteiger partial charge >= 0.3 is 0 Å². The number of hydrogen-bond donors (Lipinski definition) is 0. The van der Waals surface area contributed by atoms with E-state index in [4.69, 9.17) is 9.40 Å². The summed E-state index contributed by atoms with van der Waals surface area (Å²) in [5.74, 6) is 2.52. The summed E-state index contributed by atoms with van der Waals surface area (Å²) < 4.78 is 6.10. The SMILES string of the molecule is CCN(CC)c1nc(-c2ccccc2)oc1N(CC)CC. The maximum atomic E-state index is 6.10. The molecule has 0 unspecified atom stereocenters. The molecule has 0 aliphatic rings. The van der Waals surface area contributed by atoms with E-state index in [-0.39, 0.29) is 0 Å². The van der Waals surface area contributed by atoms with Gasteiger partial charge in [-0.2, -0.15) is 4.98 Å². The first kappa shape index (κ1) is 15.4. The van der Waals surface area contributed by atoms with Crippen LogP contribution in [0.5, 0.6) is 0 Å². The molecular formula is C17H25N3O. The Morgan fingerprint density at radius 3 is 1.95 bits per heavy atom. The number of anilines is 2. The standard InChI is InChI=1S/C17H25N3O/c1-5-19(6-2)15-17(20(7-3)8-4)21-16(18-15)14-12-10-9-11-13-14/h9-13H,5-8H2,1-4H3. The van der Waals surface area contributed by atoms with Crippen molar-refractivity contribution in [1.29, 1.82) is 0 Å². The van der Waals surface area contributed by atoms with Crippen molar-refractivity contribution in [2.24, 2.45) is 0 Å². The first-order valence-corrected chi connectivity index (χ1v) is 7.81. The van der Waals surface area contributed by atoms with Gasteiger partial charge in [0.1, 0.15) is 0 Å². The molecule has 0 spiro atoms. The average molecular weight is 287 g/mol. The van der Waals surface area contributed by atoms with Gasteiger partial charge in [-0.25, -0.2) is 0 Å². The quantitative estimate of drug-likeness (QED) is 0.769. The van der Waals surface area contributed by atoms with Gasteiger partial charge in [0.15, 0.2) is 5.82 Å². The van der Waals surface area contributed by atoms with Gasteiger partial charge in [0.05, 0.1) is 0 Å². The van der Waals surface area contributed by atoms with Crippen LogP contribution in [0.3, 0.4) is 0 Å². The van der Waals surface area contributed by atoms with E-state index in [0.717, 1.165) is 43.4 Å². The van der Waals surface area contributed by atoms with Crippen LogP contribution in [0.4, 0.5) is 11.7 Å². The zero-order chi connectivity index (χ0) is 15.2. The van der Waals surface area contributed by atoms with Gasteiger partial charge in [-0.3, -0.25) is 0 Å². The van der Waals surface area contributed by atoms with Crippen LogP contribution in [0.1, 0.15) is 27.7 Å². The first-order chi connectivity index (χ1) is 10.2. The predicted molar refractivity (Wildman–Crippen MR) is 89.1 cm³/mol. The highest BCUT2D eigenvalue weighted by atomic mass is 16.4. The maximum absolute atomic E-state index is 6.10. The third-order valence-corrected chi connectivity index (χ3v) is 3.73. The molecule has 1 aromatic carbocycles. The number of hydrogen-bond acceptors (Lipinski definition) is 4. The highest BCUT2D eigenvalue weighted by Crippen LogP contribution is 2.34. The van der Waals surface area contributed by atoms with Crippen molar-refractivity contribution in [3.63, 3.8) is 0 Å². The number of rotatable bonds is 7. The van der Waals surface area contributed by atoms with Gasteiger partial charge in [0, 0.05) is 31.7 Å². The second kappa shape index (κ2) is 7.16. The Kier molecular flexibility index (Phi) is 5.26. The molecule has 0 bridgehead atoms. The molecule has 114 valence electrons. The molecule has 2 aromatic rings. The number of benzene rings is 1. The van der Waals surface area contributed by atoms with Crippen molar-refractivity contribution in [3.05, 3.63) is 30.3 Å². The summed E-state index contributed by atoms with van der Waals surface area (Å²) in [5.41, 5.74) is 1.02. The van der Waals surface area contributed by atoms with Crippen LogP contribution in [0.25, 0.3) is 11.5 Å². The Balaban J connectivity index is 2.48. The second-order valence-corrected chi connectivity index (χ2v) is 4.86. The summed E-state index contributed by atoms with van der Waals surface area (Å²) in [4.78, 5) is 9.21. The van der Waals surface area contributed by atoms with Crippen LogP contribution in [-0.4, -0.2) is 31.2 Å². The molecule has 0 aliphatic heterocycles. The molecule has 0 fully saturated rings. The Bertz CT molecular complexity index is 513. The Morgan fingerprint density at radius 1 is 0.857 bits per heavy atom. The van der Waals surface area contributed by atoms with E-state index < -0.39 is 0 Å². The zero-order valence-corrected chi connectivity index (χ0v) is 13.5. The second-order valence-electron chi connectivity index (χ2n) is 4.86. The molecule has 0 N–H and O–H groups in total. The Labute approximate surface area is 127 Å². The molecule has 0 atom stereocenters. The van der Waals surface area contributed by atoms with Crippen LogP contribution < -0.4 is 9.80 Å². The van der Waals surface area contributed by atoms with Crippen molar-refractivity contribution >= 4 is 11.7 Å². The number of nitrogens with zero attached hydrogens (tertiary/aromatic N) is 3. The average Bonchev–Trinajstić information content (AvgIpc) is 2.96. The summed E-state index contributed by atoms with van der Waals surface area (Å²) in [6, 6.07) is 10.1. The van der Waals surface area contributed by atoms with Crippen LogP contribution >= 0.6 is 0 Å². The summed E-state index contributed by atoms with van der Waals surface area (Å²) in [5, 5.41) is 0. The van der Waals surface area contributed by atoms with Crippen molar-refractivity contribution < 1.29 is 4.42 Å². The van der Waals surface area contributed by atoms with Gasteiger partial charge < -0.3 is 14.2 Å². The zero-order valence-electron chi connectivity index (χ0n) is 13.5. The number of oxazole rings is 1. The molecule has 0 saturated carbocycles. The minimum Gasteiger partial charge on any atom is -0.418 e. The maximum Gasteiger partial charge on any atom is 0.241 e. The van der Waals surface area contributed by atoms with Crippen molar-refractivity contribution in [2.75, 3.05) is 36.0 Å². The van der Waals surface area contributed by atoms with Crippen molar-refractivity contribution in [2.45, 2.75) is 27.7 Å².